The van der Waals surface area contributed by atoms with Crippen molar-refractivity contribution in [1.82, 2.24) is 4.57 Å². The normalized spacial score (nSPS) is 10.9. The largest absolute Gasteiger partial charge is 0.311 e. The Balaban J connectivity index is 2.27. The Morgan fingerprint density at radius 2 is 1.84 bits per heavy atom. The summed E-state index contributed by atoms with van der Waals surface area (Å²) in [5, 5.41) is 1.13. The number of aromatic nitrogens is 1. The van der Waals surface area contributed by atoms with E-state index in [4.69, 9.17) is 11.6 Å². The number of para-hydroxylation sites is 1. The van der Waals surface area contributed by atoms with Gasteiger partial charge >= 0.3 is 0 Å². The maximum absolute atomic E-state index is 13.2. The number of carbonyl (C=O) groups excluding carboxylic acids is 1. The van der Waals surface area contributed by atoms with E-state index >= 15 is 0 Å². The van der Waals surface area contributed by atoms with Crippen LogP contribution in [-0.2, 0) is 7.05 Å². The molecule has 1 heterocycles. The summed E-state index contributed by atoms with van der Waals surface area (Å²) >= 11 is 9.77. The van der Waals surface area contributed by atoms with E-state index in [0.717, 1.165) is 5.69 Å². The van der Waals surface area contributed by atoms with E-state index in [1.807, 2.05) is 37.3 Å². The van der Waals surface area contributed by atoms with Gasteiger partial charge in [-0.15, -0.1) is 0 Å². The van der Waals surface area contributed by atoms with Crippen molar-refractivity contribution < 1.29 is 4.79 Å². The summed E-state index contributed by atoms with van der Waals surface area (Å²) in [4.78, 5) is 27.6. The Hall–Kier alpha value is -2.11. The molecule has 0 saturated heterocycles. The molecule has 128 valence electrons. The van der Waals surface area contributed by atoms with E-state index in [1.54, 1.807) is 30.1 Å². The molecule has 1 amide bonds. The molecule has 0 bridgehead atoms. The molecule has 3 aromatic rings. The standard InChI is InChI=1S/C19H16BrClN2O2/c1-3-23(12-8-5-4-6-9-12)19(25)16-17(20)15-13(21)10-7-11-14(15)22(2)18(16)24/h4-11H,3H2,1-2H3. The summed E-state index contributed by atoms with van der Waals surface area (Å²) < 4.78 is 1.88. The molecule has 0 fully saturated rings. The van der Waals surface area contributed by atoms with Gasteiger partial charge < -0.3 is 9.47 Å². The highest BCUT2D eigenvalue weighted by Crippen LogP contribution is 2.32. The number of aryl methyl sites for hydroxylation is 1. The fourth-order valence-corrected chi connectivity index (χ4v) is 4.01. The zero-order valence-electron chi connectivity index (χ0n) is 13.8. The zero-order valence-corrected chi connectivity index (χ0v) is 16.1. The first-order valence-corrected chi connectivity index (χ1v) is 8.98. The number of rotatable bonds is 3. The van der Waals surface area contributed by atoms with Gasteiger partial charge in [0.05, 0.1) is 10.5 Å². The summed E-state index contributed by atoms with van der Waals surface area (Å²) in [5.74, 6) is -0.358. The van der Waals surface area contributed by atoms with Gasteiger partial charge in [0.1, 0.15) is 5.56 Å². The van der Waals surface area contributed by atoms with Crippen molar-refractivity contribution in [3.05, 3.63) is 73.9 Å². The fourth-order valence-electron chi connectivity index (χ4n) is 2.88. The first kappa shape index (κ1) is 17.7. The Bertz CT molecular complexity index is 1020. The van der Waals surface area contributed by atoms with Crippen molar-refractivity contribution >= 4 is 50.0 Å². The van der Waals surface area contributed by atoms with Gasteiger partial charge in [-0.25, -0.2) is 0 Å². The van der Waals surface area contributed by atoms with Crippen LogP contribution in [0.3, 0.4) is 0 Å². The lowest BCUT2D eigenvalue weighted by Crippen LogP contribution is -2.37. The molecule has 25 heavy (non-hydrogen) atoms. The van der Waals surface area contributed by atoms with Crippen molar-refractivity contribution in [3.8, 4) is 0 Å². The molecule has 0 aliphatic rings. The van der Waals surface area contributed by atoms with Crippen molar-refractivity contribution in [2.75, 3.05) is 11.4 Å². The number of benzene rings is 2. The Morgan fingerprint density at radius 1 is 1.16 bits per heavy atom. The summed E-state index contributed by atoms with van der Waals surface area (Å²) in [6, 6.07) is 14.6. The third-order valence-electron chi connectivity index (χ3n) is 4.15. The van der Waals surface area contributed by atoms with Crippen LogP contribution in [0.25, 0.3) is 10.9 Å². The summed E-state index contributed by atoms with van der Waals surface area (Å²) in [5.41, 5.74) is 1.13. The highest BCUT2D eigenvalue weighted by atomic mass is 79.9. The van der Waals surface area contributed by atoms with Gasteiger partial charge in [-0.2, -0.15) is 0 Å². The molecule has 2 aromatic carbocycles. The number of hydrogen-bond donors (Lipinski definition) is 0. The average Bonchev–Trinajstić information content (AvgIpc) is 2.61. The Labute approximate surface area is 158 Å². The molecule has 0 unspecified atom stereocenters. The fraction of sp³-hybridized carbons (Fsp3) is 0.158. The van der Waals surface area contributed by atoms with Crippen molar-refractivity contribution in [3.63, 3.8) is 0 Å². The molecule has 4 nitrogen and oxygen atoms in total. The molecule has 0 radical (unpaired) electrons. The van der Waals surface area contributed by atoms with Gasteiger partial charge in [-0.1, -0.05) is 35.9 Å². The minimum absolute atomic E-state index is 0.0776. The predicted octanol–water partition coefficient (Wildman–Crippen LogP) is 4.62. The first-order chi connectivity index (χ1) is 12.0. The molecule has 0 spiro atoms. The maximum Gasteiger partial charge on any atom is 0.265 e. The Morgan fingerprint density at radius 3 is 2.48 bits per heavy atom. The minimum atomic E-state index is -0.360. The van der Waals surface area contributed by atoms with E-state index < -0.39 is 0 Å². The molecule has 0 N–H and O–H groups in total. The lowest BCUT2D eigenvalue weighted by molar-refractivity contribution is 0.0986. The molecule has 3 rings (SSSR count). The van der Waals surface area contributed by atoms with Crippen LogP contribution in [-0.4, -0.2) is 17.0 Å². The van der Waals surface area contributed by atoms with Crippen molar-refractivity contribution in [2.24, 2.45) is 7.05 Å². The molecule has 0 aliphatic carbocycles. The second kappa shape index (κ2) is 7.02. The molecule has 0 saturated carbocycles. The van der Waals surface area contributed by atoms with E-state index in [-0.39, 0.29) is 17.0 Å². The van der Waals surface area contributed by atoms with Crippen molar-refractivity contribution in [1.29, 1.82) is 0 Å². The minimum Gasteiger partial charge on any atom is -0.311 e. The summed E-state index contributed by atoms with van der Waals surface area (Å²) in [7, 11) is 1.64. The van der Waals surface area contributed by atoms with Gasteiger partial charge in [-0.05, 0) is 47.1 Å². The van der Waals surface area contributed by atoms with Crippen LogP contribution in [0.4, 0.5) is 5.69 Å². The maximum atomic E-state index is 13.2. The smallest absolute Gasteiger partial charge is 0.265 e. The predicted molar refractivity (Wildman–Crippen MR) is 106 cm³/mol. The van der Waals surface area contributed by atoms with Crippen LogP contribution >= 0.6 is 27.5 Å². The van der Waals surface area contributed by atoms with Crippen LogP contribution in [0.15, 0.2) is 57.8 Å². The van der Waals surface area contributed by atoms with E-state index in [0.29, 0.717) is 26.9 Å². The quantitative estimate of drug-likeness (QED) is 0.621. The Kier molecular flexibility index (Phi) is 4.97. The number of amides is 1. The number of fused-ring (bicyclic) bond motifs is 1. The highest BCUT2D eigenvalue weighted by Gasteiger charge is 2.25. The number of anilines is 1. The molecule has 0 aliphatic heterocycles. The molecular weight excluding hydrogens is 404 g/mol. The van der Waals surface area contributed by atoms with Crippen LogP contribution in [0.2, 0.25) is 5.02 Å². The summed E-state index contributed by atoms with van der Waals surface area (Å²) in [6.45, 7) is 2.32. The third kappa shape index (κ3) is 2.98. The average molecular weight is 420 g/mol. The molecule has 1 aromatic heterocycles. The number of hydrogen-bond acceptors (Lipinski definition) is 2. The number of carbonyl (C=O) groups is 1. The zero-order chi connectivity index (χ0) is 18.1. The highest BCUT2D eigenvalue weighted by molar-refractivity contribution is 9.10. The lowest BCUT2D eigenvalue weighted by Gasteiger charge is -2.22. The van der Waals surface area contributed by atoms with Crippen molar-refractivity contribution in [2.45, 2.75) is 6.92 Å². The van der Waals surface area contributed by atoms with Crippen LogP contribution in [0.5, 0.6) is 0 Å². The van der Waals surface area contributed by atoms with Crippen LogP contribution in [0, 0.1) is 0 Å². The summed E-state index contributed by atoms with van der Waals surface area (Å²) in [6.07, 6.45) is 0. The van der Waals surface area contributed by atoms with Crippen LogP contribution < -0.4 is 10.5 Å². The van der Waals surface area contributed by atoms with Crippen LogP contribution in [0.1, 0.15) is 17.3 Å². The SMILES string of the molecule is CCN(C(=O)c1c(Br)c2c(Cl)cccc2n(C)c1=O)c1ccccc1. The van der Waals surface area contributed by atoms with Gasteiger partial charge in [0.15, 0.2) is 0 Å². The molecular formula is C19H16BrClN2O2. The van der Waals surface area contributed by atoms with Gasteiger partial charge in [0, 0.05) is 29.1 Å². The van der Waals surface area contributed by atoms with Gasteiger partial charge in [0.2, 0.25) is 0 Å². The van der Waals surface area contributed by atoms with Gasteiger partial charge in [0.25, 0.3) is 11.5 Å². The monoisotopic (exact) mass is 418 g/mol. The van der Waals surface area contributed by atoms with E-state index in [2.05, 4.69) is 15.9 Å². The second-order valence-corrected chi connectivity index (χ2v) is 6.77. The van der Waals surface area contributed by atoms with E-state index in [1.165, 1.54) is 4.57 Å². The van der Waals surface area contributed by atoms with E-state index in [9.17, 15) is 9.59 Å². The second-order valence-electron chi connectivity index (χ2n) is 5.57. The lowest BCUT2D eigenvalue weighted by atomic mass is 10.1. The first-order valence-electron chi connectivity index (χ1n) is 7.81. The van der Waals surface area contributed by atoms with Gasteiger partial charge in [-0.3, -0.25) is 9.59 Å². The topological polar surface area (TPSA) is 42.3 Å². The third-order valence-corrected chi connectivity index (χ3v) is 5.26. The number of pyridine rings is 1. The molecule has 6 heteroatoms. The number of nitrogens with zero attached hydrogens (tertiary/aromatic N) is 2. The molecule has 0 atom stereocenters. The number of halogens is 2.